The van der Waals surface area contributed by atoms with Gasteiger partial charge in [0.25, 0.3) is 0 Å². The zero-order valence-corrected chi connectivity index (χ0v) is 12.9. The van der Waals surface area contributed by atoms with E-state index < -0.39 is 11.3 Å². The predicted octanol–water partition coefficient (Wildman–Crippen LogP) is 3.11. The maximum absolute atomic E-state index is 13.5. The Bertz CT molecular complexity index is 720. The number of imidazole rings is 1. The van der Waals surface area contributed by atoms with Crippen molar-refractivity contribution in [1.82, 2.24) is 9.55 Å². The van der Waals surface area contributed by atoms with Crippen LogP contribution in [0.25, 0.3) is 11.0 Å². The van der Waals surface area contributed by atoms with E-state index in [0.29, 0.717) is 21.3 Å². The highest BCUT2D eigenvalue weighted by molar-refractivity contribution is 9.10. The summed E-state index contributed by atoms with van der Waals surface area (Å²) in [5.74, 6) is -0.782. The summed E-state index contributed by atoms with van der Waals surface area (Å²) in [4.78, 5) is 14.3. The number of nitrogens with one attached hydrogen (secondary N) is 1. The van der Waals surface area contributed by atoms with Gasteiger partial charge in [-0.15, -0.1) is 0 Å². The van der Waals surface area contributed by atoms with E-state index in [9.17, 15) is 9.18 Å². The lowest BCUT2D eigenvalue weighted by Crippen LogP contribution is -2.35. The number of carbonyl (C=O) groups is 1. The first kappa shape index (κ1) is 14.2. The molecule has 3 N–H and O–H groups in total. The summed E-state index contributed by atoms with van der Waals surface area (Å²) in [5.41, 5.74) is 5.95. The number of primary amides is 1. The fourth-order valence-corrected chi connectivity index (χ4v) is 2.39. The molecule has 1 aromatic heterocycles. The lowest BCUT2D eigenvalue weighted by molar-refractivity contribution is -0.126. The first-order valence-corrected chi connectivity index (χ1v) is 6.80. The number of nitrogens with zero attached hydrogens (tertiary/aromatic N) is 1. The molecule has 2 rings (SSSR count). The standard InChI is InChI=1S/C12H13BrFN3OS/c1-12(2,10(15)18)5-17-9-3-6(13)7(14)4-8(9)16-11(17)19/h3-4H,5H2,1-2H3,(H2,15,18)(H,16,19). The summed E-state index contributed by atoms with van der Waals surface area (Å²) in [6, 6.07) is 3.00. The Morgan fingerprint density at radius 2 is 2.21 bits per heavy atom. The molecule has 1 amide bonds. The van der Waals surface area contributed by atoms with Crippen molar-refractivity contribution in [3.05, 3.63) is 27.2 Å². The molecule has 0 aliphatic heterocycles. The van der Waals surface area contributed by atoms with Gasteiger partial charge in [-0.1, -0.05) is 0 Å². The number of aromatic amines is 1. The fraction of sp³-hybridized carbons (Fsp3) is 0.333. The highest BCUT2D eigenvalue weighted by Crippen LogP contribution is 2.26. The van der Waals surface area contributed by atoms with Gasteiger partial charge in [-0.3, -0.25) is 4.79 Å². The van der Waals surface area contributed by atoms with Crippen LogP contribution in [0.1, 0.15) is 13.8 Å². The Kier molecular flexibility index (Phi) is 3.53. The summed E-state index contributed by atoms with van der Waals surface area (Å²) in [7, 11) is 0. The molecule has 0 aliphatic carbocycles. The number of amides is 1. The van der Waals surface area contributed by atoms with Gasteiger partial charge in [0.15, 0.2) is 4.77 Å². The van der Waals surface area contributed by atoms with Crippen LogP contribution in [0.4, 0.5) is 4.39 Å². The smallest absolute Gasteiger partial charge is 0.224 e. The Hall–Kier alpha value is -1.21. The van der Waals surface area contributed by atoms with Gasteiger partial charge in [-0.2, -0.15) is 0 Å². The minimum atomic E-state index is -0.742. The average Bonchev–Trinajstić information content (AvgIpc) is 2.56. The van der Waals surface area contributed by atoms with Crippen molar-refractivity contribution in [2.45, 2.75) is 20.4 Å². The molecular weight excluding hydrogens is 333 g/mol. The molecule has 102 valence electrons. The van der Waals surface area contributed by atoms with Gasteiger partial charge in [0.1, 0.15) is 5.82 Å². The van der Waals surface area contributed by atoms with Gasteiger partial charge in [-0.05, 0) is 48.1 Å². The average molecular weight is 346 g/mol. The van der Waals surface area contributed by atoms with Crippen LogP contribution in [0.3, 0.4) is 0 Å². The second-order valence-electron chi connectivity index (χ2n) is 5.05. The molecule has 0 bridgehead atoms. The van der Waals surface area contributed by atoms with Crippen molar-refractivity contribution >= 4 is 45.1 Å². The van der Waals surface area contributed by atoms with Crippen molar-refractivity contribution in [3.63, 3.8) is 0 Å². The Balaban J connectivity index is 2.61. The normalized spacial score (nSPS) is 12.0. The zero-order chi connectivity index (χ0) is 14.4. The van der Waals surface area contributed by atoms with Crippen molar-refractivity contribution < 1.29 is 9.18 Å². The summed E-state index contributed by atoms with van der Waals surface area (Å²) in [6.45, 7) is 3.82. The number of fused-ring (bicyclic) bond motifs is 1. The van der Waals surface area contributed by atoms with Crippen molar-refractivity contribution in [1.29, 1.82) is 0 Å². The molecular formula is C12H13BrFN3OS. The maximum atomic E-state index is 13.5. The lowest BCUT2D eigenvalue weighted by Gasteiger charge is -2.21. The molecule has 1 aromatic carbocycles. The first-order chi connectivity index (χ1) is 8.72. The van der Waals surface area contributed by atoms with Crippen LogP contribution < -0.4 is 5.73 Å². The molecule has 19 heavy (non-hydrogen) atoms. The number of halogens is 2. The van der Waals surface area contributed by atoms with Gasteiger partial charge in [0.2, 0.25) is 5.91 Å². The van der Waals surface area contributed by atoms with Crippen LogP contribution in [-0.2, 0) is 11.3 Å². The predicted molar refractivity (Wildman–Crippen MR) is 77.8 cm³/mol. The number of nitrogens with two attached hydrogens (primary N) is 1. The Labute approximate surface area is 122 Å². The molecule has 0 radical (unpaired) electrons. The molecule has 0 unspecified atom stereocenters. The maximum Gasteiger partial charge on any atom is 0.224 e. The summed E-state index contributed by atoms with van der Waals surface area (Å²) in [6.07, 6.45) is 0. The molecule has 2 aromatic rings. The molecule has 0 fully saturated rings. The third kappa shape index (κ3) is 2.57. The number of hydrogen-bond donors (Lipinski definition) is 2. The van der Waals surface area contributed by atoms with Crippen LogP contribution >= 0.6 is 28.1 Å². The van der Waals surface area contributed by atoms with Gasteiger partial charge in [-0.25, -0.2) is 4.39 Å². The number of rotatable bonds is 3. The summed E-state index contributed by atoms with van der Waals surface area (Å²) in [5, 5.41) is 0. The molecule has 0 saturated carbocycles. The number of hydrogen-bond acceptors (Lipinski definition) is 2. The highest BCUT2D eigenvalue weighted by atomic mass is 79.9. The number of carbonyl (C=O) groups excluding carboxylic acids is 1. The second kappa shape index (κ2) is 4.72. The van der Waals surface area contributed by atoms with E-state index >= 15 is 0 Å². The van der Waals surface area contributed by atoms with Crippen molar-refractivity contribution in [3.8, 4) is 0 Å². The van der Waals surface area contributed by atoms with E-state index in [-0.39, 0.29) is 5.82 Å². The van der Waals surface area contributed by atoms with Gasteiger partial charge < -0.3 is 15.3 Å². The van der Waals surface area contributed by atoms with Gasteiger partial charge in [0, 0.05) is 12.6 Å². The third-order valence-corrected chi connectivity index (χ3v) is 3.97. The second-order valence-corrected chi connectivity index (χ2v) is 6.29. The van der Waals surface area contributed by atoms with Crippen LogP contribution in [0, 0.1) is 16.0 Å². The number of benzene rings is 1. The largest absolute Gasteiger partial charge is 0.369 e. The zero-order valence-electron chi connectivity index (χ0n) is 10.5. The van der Waals surface area contributed by atoms with E-state index in [1.165, 1.54) is 6.07 Å². The van der Waals surface area contributed by atoms with E-state index in [4.69, 9.17) is 18.0 Å². The topological polar surface area (TPSA) is 63.8 Å². The van der Waals surface area contributed by atoms with Crippen molar-refractivity contribution in [2.24, 2.45) is 11.1 Å². The summed E-state index contributed by atoms with van der Waals surface area (Å²) < 4.78 is 16.0. The minimum absolute atomic E-state index is 0.333. The van der Waals surface area contributed by atoms with E-state index in [1.54, 1.807) is 24.5 Å². The monoisotopic (exact) mass is 345 g/mol. The number of aromatic nitrogens is 2. The van der Waals surface area contributed by atoms with Crippen LogP contribution in [0.15, 0.2) is 16.6 Å². The van der Waals surface area contributed by atoms with E-state index in [1.807, 2.05) is 0 Å². The minimum Gasteiger partial charge on any atom is -0.369 e. The van der Waals surface area contributed by atoms with Crippen LogP contribution in [0.5, 0.6) is 0 Å². The van der Waals surface area contributed by atoms with Gasteiger partial charge in [0.05, 0.1) is 20.9 Å². The lowest BCUT2D eigenvalue weighted by atomic mass is 9.92. The molecule has 1 heterocycles. The summed E-state index contributed by atoms with van der Waals surface area (Å²) >= 11 is 8.35. The SMILES string of the molecule is CC(C)(Cn1c(=S)[nH]c2cc(F)c(Br)cc21)C(N)=O. The molecule has 0 atom stereocenters. The third-order valence-electron chi connectivity index (χ3n) is 3.04. The quantitative estimate of drug-likeness (QED) is 0.839. The van der Waals surface area contributed by atoms with E-state index in [0.717, 1.165) is 5.52 Å². The van der Waals surface area contributed by atoms with E-state index in [2.05, 4.69) is 20.9 Å². The Morgan fingerprint density at radius 3 is 2.79 bits per heavy atom. The van der Waals surface area contributed by atoms with Crippen LogP contribution in [-0.4, -0.2) is 15.5 Å². The molecule has 4 nitrogen and oxygen atoms in total. The first-order valence-electron chi connectivity index (χ1n) is 5.60. The number of H-pyrrole nitrogens is 1. The molecule has 7 heteroatoms. The molecule has 0 saturated heterocycles. The molecule has 0 spiro atoms. The fourth-order valence-electron chi connectivity index (χ4n) is 1.78. The van der Waals surface area contributed by atoms with Gasteiger partial charge >= 0.3 is 0 Å². The Morgan fingerprint density at radius 1 is 1.58 bits per heavy atom. The van der Waals surface area contributed by atoms with Crippen molar-refractivity contribution in [2.75, 3.05) is 0 Å². The van der Waals surface area contributed by atoms with Crippen LogP contribution in [0.2, 0.25) is 0 Å². The molecule has 0 aliphatic rings. The highest BCUT2D eigenvalue weighted by Gasteiger charge is 2.26.